The normalized spacial score (nSPS) is 10.6. The number of aromatic amines is 1. The third-order valence-electron chi connectivity index (χ3n) is 3.81. The third kappa shape index (κ3) is 3.70. The highest BCUT2D eigenvalue weighted by Crippen LogP contribution is 2.25. The van der Waals surface area contributed by atoms with Gasteiger partial charge >= 0.3 is 0 Å². The Morgan fingerprint density at radius 1 is 1.00 bits per heavy atom. The van der Waals surface area contributed by atoms with Crippen molar-refractivity contribution in [2.75, 3.05) is 5.32 Å². The van der Waals surface area contributed by atoms with Crippen LogP contribution >= 0.6 is 0 Å². The van der Waals surface area contributed by atoms with Gasteiger partial charge in [-0.05, 0) is 42.5 Å². The second-order valence-electron chi connectivity index (χ2n) is 5.82. The van der Waals surface area contributed by atoms with Crippen molar-refractivity contribution in [2.24, 2.45) is 0 Å². The number of carbonyl (C=O) groups excluding carboxylic acids is 1. The lowest BCUT2D eigenvalue weighted by Gasteiger charge is -2.11. The van der Waals surface area contributed by atoms with E-state index in [1.54, 1.807) is 24.3 Å². The molecule has 0 bridgehead atoms. The Hall–Kier alpha value is -4.07. The SMILES string of the molecule is O=C(Nc1cc[nH]c(=O)c1)c1nc2ccccc2nc1Oc1ccc(F)cc1. The van der Waals surface area contributed by atoms with Gasteiger partial charge in [-0.2, -0.15) is 0 Å². The van der Waals surface area contributed by atoms with Crippen LogP contribution in [0.2, 0.25) is 0 Å². The van der Waals surface area contributed by atoms with Crippen LogP contribution in [0.25, 0.3) is 11.0 Å². The maximum Gasteiger partial charge on any atom is 0.279 e. The van der Waals surface area contributed by atoms with Crippen molar-refractivity contribution in [3.8, 4) is 11.6 Å². The molecule has 0 aliphatic heterocycles. The van der Waals surface area contributed by atoms with E-state index in [1.165, 1.54) is 42.6 Å². The Bertz CT molecular complexity index is 1220. The molecule has 0 fully saturated rings. The number of rotatable bonds is 4. The van der Waals surface area contributed by atoms with Crippen LogP contribution in [-0.2, 0) is 0 Å². The number of amides is 1. The summed E-state index contributed by atoms with van der Waals surface area (Å²) < 4.78 is 18.8. The van der Waals surface area contributed by atoms with Crippen LogP contribution in [0, 0.1) is 5.82 Å². The van der Waals surface area contributed by atoms with Crippen LogP contribution < -0.4 is 15.6 Å². The second kappa shape index (κ2) is 7.28. The molecule has 0 unspecified atom stereocenters. The molecule has 28 heavy (non-hydrogen) atoms. The molecule has 0 saturated carbocycles. The monoisotopic (exact) mass is 376 g/mol. The van der Waals surface area contributed by atoms with Gasteiger partial charge in [-0.25, -0.2) is 14.4 Å². The van der Waals surface area contributed by atoms with Crippen molar-refractivity contribution in [1.82, 2.24) is 15.0 Å². The maximum absolute atomic E-state index is 13.1. The number of hydrogen-bond donors (Lipinski definition) is 2. The Labute approximate surface area is 157 Å². The van der Waals surface area contributed by atoms with Gasteiger partial charge < -0.3 is 15.0 Å². The van der Waals surface area contributed by atoms with Crippen LogP contribution in [0.15, 0.2) is 71.7 Å². The minimum absolute atomic E-state index is 0.0346. The van der Waals surface area contributed by atoms with E-state index in [0.29, 0.717) is 22.5 Å². The van der Waals surface area contributed by atoms with E-state index >= 15 is 0 Å². The van der Waals surface area contributed by atoms with Crippen molar-refractivity contribution in [3.63, 3.8) is 0 Å². The van der Waals surface area contributed by atoms with Crippen molar-refractivity contribution in [2.45, 2.75) is 0 Å². The minimum atomic E-state index is -0.596. The first-order valence-electron chi connectivity index (χ1n) is 8.29. The van der Waals surface area contributed by atoms with Crippen LogP contribution in [0.1, 0.15) is 10.5 Å². The van der Waals surface area contributed by atoms with Gasteiger partial charge in [-0.1, -0.05) is 12.1 Å². The lowest BCUT2D eigenvalue weighted by Crippen LogP contribution is -2.17. The average Bonchev–Trinajstić information content (AvgIpc) is 2.69. The summed E-state index contributed by atoms with van der Waals surface area (Å²) in [4.78, 5) is 35.4. The first kappa shape index (κ1) is 17.3. The van der Waals surface area contributed by atoms with Crippen molar-refractivity contribution < 1.29 is 13.9 Å². The number of ether oxygens (including phenoxy) is 1. The summed E-state index contributed by atoms with van der Waals surface area (Å²) in [6.45, 7) is 0. The lowest BCUT2D eigenvalue weighted by atomic mass is 10.2. The molecule has 0 saturated heterocycles. The molecule has 2 aromatic heterocycles. The second-order valence-corrected chi connectivity index (χ2v) is 5.82. The summed E-state index contributed by atoms with van der Waals surface area (Å²) in [5.41, 5.74) is 0.919. The number of nitrogens with one attached hydrogen (secondary N) is 2. The van der Waals surface area contributed by atoms with E-state index in [-0.39, 0.29) is 17.1 Å². The van der Waals surface area contributed by atoms with Crippen LogP contribution in [0.4, 0.5) is 10.1 Å². The lowest BCUT2D eigenvalue weighted by molar-refractivity contribution is 0.101. The van der Waals surface area contributed by atoms with E-state index in [4.69, 9.17) is 4.74 Å². The average molecular weight is 376 g/mol. The highest BCUT2D eigenvalue weighted by atomic mass is 19.1. The maximum atomic E-state index is 13.1. The van der Waals surface area contributed by atoms with Crippen LogP contribution in [0.5, 0.6) is 11.6 Å². The first-order chi connectivity index (χ1) is 13.6. The zero-order valence-corrected chi connectivity index (χ0v) is 14.3. The van der Waals surface area contributed by atoms with Gasteiger partial charge in [-0.3, -0.25) is 9.59 Å². The number of pyridine rings is 1. The Kier molecular flexibility index (Phi) is 4.51. The molecule has 0 aliphatic rings. The Morgan fingerprint density at radius 2 is 1.71 bits per heavy atom. The number of para-hydroxylation sites is 2. The fourth-order valence-corrected chi connectivity index (χ4v) is 2.53. The number of nitrogens with zero attached hydrogens (tertiary/aromatic N) is 2. The highest BCUT2D eigenvalue weighted by molar-refractivity contribution is 6.05. The topological polar surface area (TPSA) is 97.0 Å². The molecular formula is C20H13FN4O3. The van der Waals surface area contributed by atoms with Gasteiger partial charge in [0, 0.05) is 18.0 Å². The summed E-state index contributed by atoms with van der Waals surface area (Å²) in [7, 11) is 0. The molecule has 2 aromatic carbocycles. The number of aromatic nitrogens is 3. The van der Waals surface area contributed by atoms with Crippen molar-refractivity contribution >= 4 is 22.6 Å². The molecule has 2 N–H and O–H groups in total. The van der Waals surface area contributed by atoms with E-state index < -0.39 is 11.7 Å². The van der Waals surface area contributed by atoms with E-state index in [9.17, 15) is 14.0 Å². The molecule has 7 nitrogen and oxygen atoms in total. The van der Waals surface area contributed by atoms with E-state index in [0.717, 1.165) is 0 Å². The zero-order chi connectivity index (χ0) is 19.5. The number of H-pyrrole nitrogens is 1. The van der Waals surface area contributed by atoms with E-state index in [2.05, 4.69) is 20.3 Å². The highest BCUT2D eigenvalue weighted by Gasteiger charge is 2.19. The molecule has 8 heteroatoms. The molecular weight excluding hydrogens is 363 g/mol. The van der Waals surface area contributed by atoms with Gasteiger partial charge in [0.25, 0.3) is 11.8 Å². The number of carbonyl (C=O) groups is 1. The van der Waals surface area contributed by atoms with Gasteiger partial charge in [0.05, 0.1) is 11.0 Å². The van der Waals surface area contributed by atoms with Gasteiger partial charge in [0.15, 0.2) is 5.69 Å². The molecule has 0 atom stereocenters. The number of halogens is 1. The van der Waals surface area contributed by atoms with Gasteiger partial charge in [-0.15, -0.1) is 0 Å². The standard InChI is InChI=1S/C20H13FN4O3/c21-12-5-7-14(8-6-12)28-20-18(24-15-3-1-2-4-16(15)25-20)19(27)23-13-9-10-22-17(26)11-13/h1-11H,(H2,22,23,26,27). The molecule has 0 aliphatic carbocycles. The summed E-state index contributed by atoms with van der Waals surface area (Å²) >= 11 is 0. The molecule has 4 rings (SSSR count). The molecule has 0 radical (unpaired) electrons. The molecule has 2 heterocycles. The largest absolute Gasteiger partial charge is 0.437 e. The zero-order valence-electron chi connectivity index (χ0n) is 14.3. The summed E-state index contributed by atoms with van der Waals surface area (Å²) in [6, 6.07) is 15.1. The first-order valence-corrected chi connectivity index (χ1v) is 8.29. The number of anilines is 1. The Morgan fingerprint density at radius 3 is 2.43 bits per heavy atom. The summed E-state index contributed by atoms with van der Waals surface area (Å²) in [5.74, 6) is -0.742. The predicted octanol–water partition coefficient (Wildman–Crippen LogP) is 3.50. The van der Waals surface area contributed by atoms with Crippen molar-refractivity contribution in [1.29, 1.82) is 0 Å². The fraction of sp³-hybridized carbons (Fsp3) is 0. The molecule has 138 valence electrons. The Balaban J connectivity index is 1.75. The van der Waals surface area contributed by atoms with Crippen LogP contribution in [-0.4, -0.2) is 20.9 Å². The van der Waals surface area contributed by atoms with Gasteiger partial charge in [0.1, 0.15) is 11.6 Å². The smallest absolute Gasteiger partial charge is 0.279 e. The third-order valence-corrected chi connectivity index (χ3v) is 3.81. The fourth-order valence-electron chi connectivity index (χ4n) is 2.53. The predicted molar refractivity (Wildman–Crippen MR) is 101 cm³/mol. The van der Waals surface area contributed by atoms with Gasteiger partial charge in [0.2, 0.25) is 5.56 Å². The molecule has 0 spiro atoms. The summed E-state index contributed by atoms with van der Waals surface area (Å²) in [6.07, 6.45) is 1.42. The number of benzene rings is 2. The molecule has 4 aromatic rings. The molecule has 1 amide bonds. The van der Waals surface area contributed by atoms with Crippen LogP contribution in [0.3, 0.4) is 0 Å². The van der Waals surface area contributed by atoms with Crippen molar-refractivity contribution in [3.05, 3.63) is 88.7 Å². The number of hydrogen-bond acceptors (Lipinski definition) is 5. The minimum Gasteiger partial charge on any atom is -0.437 e. The number of fused-ring (bicyclic) bond motifs is 1. The van der Waals surface area contributed by atoms with E-state index in [1.807, 2.05) is 0 Å². The summed E-state index contributed by atoms with van der Waals surface area (Å²) in [5, 5.41) is 2.60. The quantitative estimate of drug-likeness (QED) is 0.568.